The van der Waals surface area contributed by atoms with Gasteiger partial charge >= 0.3 is 0 Å². The third kappa shape index (κ3) is 3.19. The molecule has 1 aromatic heterocycles. The van der Waals surface area contributed by atoms with Gasteiger partial charge in [-0.15, -0.1) is 0 Å². The molecule has 0 spiro atoms. The summed E-state index contributed by atoms with van der Waals surface area (Å²) in [5, 5.41) is 4.22. The van der Waals surface area contributed by atoms with Crippen LogP contribution in [0.15, 0.2) is 42.6 Å². The minimum Gasteiger partial charge on any atom is -0.337 e. The molecule has 122 valence electrons. The first-order valence-corrected chi connectivity index (χ1v) is 7.96. The lowest BCUT2D eigenvalue weighted by Crippen LogP contribution is -2.18. The van der Waals surface area contributed by atoms with E-state index < -0.39 is 0 Å². The van der Waals surface area contributed by atoms with Crippen LogP contribution in [-0.2, 0) is 11.3 Å². The van der Waals surface area contributed by atoms with Crippen LogP contribution >= 0.6 is 11.6 Å². The maximum absolute atomic E-state index is 12.4. The van der Waals surface area contributed by atoms with Gasteiger partial charge in [0.25, 0.3) is 0 Å². The Labute approximate surface area is 145 Å². The van der Waals surface area contributed by atoms with E-state index in [9.17, 15) is 9.59 Å². The fourth-order valence-electron chi connectivity index (χ4n) is 2.82. The number of rotatable bonds is 4. The molecule has 24 heavy (non-hydrogen) atoms. The molecule has 1 amide bonds. The minimum atomic E-state index is -0.147. The highest BCUT2D eigenvalue weighted by Gasteiger charge is 2.12. The van der Waals surface area contributed by atoms with Crippen molar-refractivity contribution in [1.29, 1.82) is 0 Å². The lowest BCUT2D eigenvalue weighted by molar-refractivity contribution is -0.116. The number of anilines is 1. The molecule has 0 unspecified atom stereocenters. The maximum Gasteiger partial charge on any atom is 0.244 e. The summed E-state index contributed by atoms with van der Waals surface area (Å²) in [5.41, 5.74) is 4.28. The van der Waals surface area contributed by atoms with Crippen LogP contribution in [0.5, 0.6) is 0 Å². The fourth-order valence-corrected chi connectivity index (χ4v) is 2.99. The quantitative estimate of drug-likeness (QED) is 0.717. The van der Waals surface area contributed by atoms with Gasteiger partial charge in [-0.2, -0.15) is 0 Å². The maximum atomic E-state index is 12.4. The number of amides is 1. The third-order valence-corrected chi connectivity index (χ3v) is 4.21. The molecule has 0 saturated heterocycles. The van der Waals surface area contributed by atoms with E-state index in [2.05, 4.69) is 5.32 Å². The lowest BCUT2D eigenvalue weighted by Gasteiger charge is -2.10. The summed E-state index contributed by atoms with van der Waals surface area (Å²) in [6, 6.07) is 11.2. The van der Waals surface area contributed by atoms with Crippen LogP contribution in [0.3, 0.4) is 0 Å². The predicted octanol–water partition coefficient (Wildman–Crippen LogP) is 4.36. The van der Waals surface area contributed by atoms with Crippen molar-refractivity contribution >= 4 is 40.4 Å². The summed E-state index contributed by atoms with van der Waals surface area (Å²) >= 11 is 6.00. The largest absolute Gasteiger partial charge is 0.337 e. The molecule has 0 saturated carbocycles. The molecular formula is C19H17ClN2O2. The molecule has 1 heterocycles. The number of fused-ring (bicyclic) bond motifs is 1. The number of aryl methyl sites for hydroxylation is 2. The average Bonchev–Trinajstić information content (AvgIpc) is 2.87. The van der Waals surface area contributed by atoms with Crippen molar-refractivity contribution < 1.29 is 9.59 Å². The number of halogens is 1. The summed E-state index contributed by atoms with van der Waals surface area (Å²) in [6.45, 7) is 4.09. The highest BCUT2D eigenvalue weighted by molar-refractivity contribution is 6.31. The van der Waals surface area contributed by atoms with Crippen LogP contribution in [0, 0.1) is 13.8 Å². The van der Waals surface area contributed by atoms with Gasteiger partial charge < -0.3 is 9.88 Å². The van der Waals surface area contributed by atoms with E-state index in [0.717, 1.165) is 34.0 Å². The zero-order chi connectivity index (χ0) is 17.3. The van der Waals surface area contributed by atoms with Crippen molar-refractivity contribution in [3.8, 4) is 0 Å². The Balaban J connectivity index is 1.86. The van der Waals surface area contributed by atoms with Crippen molar-refractivity contribution in [2.45, 2.75) is 20.4 Å². The van der Waals surface area contributed by atoms with Gasteiger partial charge in [-0.25, -0.2) is 0 Å². The SMILES string of the molecule is Cc1ccc(NC(=O)Cn2cc(C=O)c3cc(Cl)ccc32)c(C)c1. The number of carbonyl (C=O) groups excluding carboxylic acids is 2. The van der Waals surface area contributed by atoms with Crippen LogP contribution in [0.25, 0.3) is 10.9 Å². The second-order valence-corrected chi connectivity index (χ2v) is 6.29. The first-order chi connectivity index (χ1) is 11.5. The zero-order valence-corrected chi connectivity index (χ0v) is 14.2. The Morgan fingerprint density at radius 1 is 1.21 bits per heavy atom. The lowest BCUT2D eigenvalue weighted by atomic mass is 10.1. The van der Waals surface area contributed by atoms with Crippen molar-refractivity contribution in [3.05, 3.63) is 64.3 Å². The van der Waals surface area contributed by atoms with E-state index in [1.54, 1.807) is 22.9 Å². The molecule has 3 rings (SSSR count). The number of nitrogens with one attached hydrogen (secondary N) is 1. The number of aldehydes is 1. The topological polar surface area (TPSA) is 51.1 Å². The van der Waals surface area contributed by atoms with Gasteiger partial charge in [-0.3, -0.25) is 9.59 Å². The van der Waals surface area contributed by atoms with Crippen LogP contribution in [0.4, 0.5) is 5.69 Å². The second-order valence-electron chi connectivity index (χ2n) is 5.86. The van der Waals surface area contributed by atoms with E-state index in [-0.39, 0.29) is 12.5 Å². The second kappa shape index (κ2) is 6.49. The van der Waals surface area contributed by atoms with Crippen molar-refractivity contribution in [2.75, 3.05) is 5.32 Å². The van der Waals surface area contributed by atoms with Gasteiger partial charge in [0.2, 0.25) is 5.91 Å². The average molecular weight is 341 g/mol. The number of hydrogen-bond acceptors (Lipinski definition) is 2. The highest BCUT2D eigenvalue weighted by atomic mass is 35.5. The van der Waals surface area contributed by atoms with Gasteiger partial charge in [-0.05, 0) is 43.7 Å². The number of hydrogen-bond donors (Lipinski definition) is 1. The Morgan fingerprint density at radius 3 is 2.71 bits per heavy atom. The Kier molecular flexibility index (Phi) is 4.40. The van der Waals surface area contributed by atoms with E-state index in [4.69, 9.17) is 11.6 Å². The summed E-state index contributed by atoms with van der Waals surface area (Å²) < 4.78 is 1.76. The summed E-state index contributed by atoms with van der Waals surface area (Å²) in [7, 11) is 0. The first-order valence-electron chi connectivity index (χ1n) is 7.58. The van der Waals surface area contributed by atoms with Crippen LogP contribution < -0.4 is 5.32 Å². The van der Waals surface area contributed by atoms with E-state index in [1.165, 1.54) is 0 Å². The summed E-state index contributed by atoms with van der Waals surface area (Å²) in [5.74, 6) is -0.147. The van der Waals surface area contributed by atoms with Crippen LogP contribution in [-0.4, -0.2) is 16.8 Å². The molecule has 1 N–H and O–H groups in total. The molecule has 0 fully saturated rings. The minimum absolute atomic E-state index is 0.124. The Bertz CT molecular complexity index is 944. The molecule has 3 aromatic rings. The number of aromatic nitrogens is 1. The normalized spacial score (nSPS) is 10.8. The number of carbonyl (C=O) groups is 2. The van der Waals surface area contributed by atoms with E-state index >= 15 is 0 Å². The van der Waals surface area contributed by atoms with Gasteiger partial charge in [0.1, 0.15) is 6.54 Å². The van der Waals surface area contributed by atoms with Crippen molar-refractivity contribution in [3.63, 3.8) is 0 Å². The van der Waals surface area contributed by atoms with E-state index in [0.29, 0.717) is 10.6 Å². The molecule has 0 radical (unpaired) electrons. The van der Waals surface area contributed by atoms with Crippen molar-refractivity contribution in [1.82, 2.24) is 4.57 Å². The van der Waals surface area contributed by atoms with Crippen LogP contribution in [0.2, 0.25) is 5.02 Å². The molecule has 4 nitrogen and oxygen atoms in total. The van der Waals surface area contributed by atoms with E-state index in [1.807, 2.05) is 38.1 Å². The molecule has 0 aliphatic rings. The molecule has 2 aromatic carbocycles. The summed E-state index contributed by atoms with van der Waals surface area (Å²) in [6.07, 6.45) is 2.45. The Morgan fingerprint density at radius 2 is 2.00 bits per heavy atom. The van der Waals surface area contributed by atoms with Gasteiger partial charge in [0, 0.05) is 33.4 Å². The Hall–Kier alpha value is -2.59. The van der Waals surface area contributed by atoms with Gasteiger partial charge in [0.15, 0.2) is 6.29 Å². The molecule has 0 aliphatic heterocycles. The third-order valence-electron chi connectivity index (χ3n) is 3.97. The predicted molar refractivity (Wildman–Crippen MR) is 96.9 cm³/mol. The van der Waals surface area contributed by atoms with Crippen molar-refractivity contribution in [2.24, 2.45) is 0 Å². The highest BCUT2D eigenvalue weighted by Crippen LogP contribution is 2.24. The van der Waals surface area contributed by atoms with Crippen LogP contribution in [0.1, 0.15) is 21.5 Å². The molecule has 5 heteroatoms. The molecule has 0 atom stereocenters. The monoisotopic (exact) mass is 340 g/mol. The smallest absolute Gasteiger partial charge is 0.244 e. The standard InChI is InChI=1S/C19H17ClN2O2/c1-12-3-5-17(13(2)7-12)21-19(24)10-22-9-14(11-23)16-8-15(20)4-6-18(16)22/h3-9,11H,10H2,1-2H3,(H,21,24). The number of benzene rings is 2. The fraction of sp³-hybridized carbons (Fsp3) is 0.158. The van der Waals surface area contributed by atoms with Gasteiger partial charge in [0.05, 0.1) is 0 Å². The molecular weight excluding hydrogens is 324 g/mol. The zero-order valence-electron chi connectivity index (χ0n) is 13.5. The number of nitrogens with zero attached hydrogens (tertiary/aromatic N) is 1. The summed E-state index contributed by atoms with van der Waals surface area (Å²) in [4.78, 5) is 23.6. The molecule has 0 bridgehead atoms. The van der Waals surface area contributed by atoms with Gasteiger partial charge in [-0.1, -0.05) is 29.3 Å². The molecule has 0 aliphatic carbocycles. The first kappa shape index (κ1) is 16.3.